The lowest BCUT2D eigenvalue weighted by Crippen LogP contribution is -2.37. The van der Waals surface area contributed by atoms with Crippen LogP contribution in [0.1, 0.15) is 28.3 Å². The summed E-state index contributed by atoms with van der Waals surface area (Å²) >= 11 is 1.68. The van der Waals surface area contributed by atoms with Crippen LogP contribution in [0, 0.1) is 12.7 Å². The van der Waals surface area contributed by atoms with E-state index in [2.05, 4.69) is 15.6 Å². The van der Waals surface area contributed by atoms with Crippen LogP contribution in [0.25, 0.3) is 0 Å². The minimum absolute atomic E-state index is 0. The van der Waals surface area contributed by atoms with Crippen molar-refractivity contribution in [3.63, 3.8) is 0 Å². The van der Waals surface area contributed by atoms with E-state index in [1.165, 1.54) is 19.2 Å². The average molecular weight is 521 g/mol. The second kappa shape index (κ2) is 12.7. The minimum atomic E-state index is -0.413. The molecule has 1 aromatic heterocycles. The normalized spacial score (nSPS) is 10.9. The van der Waals surface area contributed by atoms with Gasteiger partial charge < -0.3 is 19.8 Å². The number of esters is 1. The summed E-state index contributed by atoms with van der Waals surface area (Å²) in [4.78, 5) is 16.8. The predicted octanol–water partition coefficient (Wildman–Crippen LogP) is 3.98. The van der Waals surface area contributed by atoms with Crippen molar-refractivity contribution < 1.29 is 18.3 Å². The van der Waals surface area contributed by atoms with Crippen molar-refractivity contribution >= 4 is 47.7 Å². The number of guanidine groups is 1. The quantitative estimate of drug-likeness (QED) is 0.137. The second-order valence-electron chi connectivity index (χ2n) is 5.68. The van der Waals surface area contributed by atoms with E-state index in [0.717, 1.165) is 23.6 Å². The Morgan fingerprint density at radius 1 is 1.29 bits per heavy atom. The molecule has 0 spiro atoms. The molecule has 0 aliphatic heterocycles. The highest BCUT2D eigenvalue weighted by atomic mass is 127. The van der Waals surface area contributed by atoms with Gasteiger partial charge in [0, 0.05) is 18.5 Å². The second-order valence-corrected chi connectivity index (χ2v) is 6.85. The number of carbonyl (C=O) groups is 1. The van der Waals surface area contributed by atoms with Crippen molar-refractivity contribution in [2.45, 2.75) is 24.8 Å². The lowest BCUT2D eigenvalue weighted by Gasteiger charge is -2.10. The molecular weight excluding hydrogens is 496 g/mol. The van der Waals surface area contributed by atoms with Crippen LogP contribution in [-0.2, 0) is 11.3 Å². The Morgan fingerprint density at radius 2 is 2.00 bits per heavy atom. The minimum Gasteiger partial charge on any atom is -0.465 e. The number of aryl methyl sites for hydroxylation is 1. The SMILES string of the molecule is CN=C(NCCCSc1ccc(F)cc1)NCc1cc(C(=O)OC)c(C)o1.I. The van der Waals surface area contributed by atoms with Gasteiger partial charge in [0.1, 0.15) is 22.9 Å². The maximum atomic E-state index is 12.9. The van der Waals surface area contributed by atoms with Crippen molar-refractivity contribution in [3.8, 4) is 0 Å². The molecule has 2 rings (SSSR count). The lowest BCUT2D eigenvalue weighted by molar-refractivity contribution is 0.0599. The number of hydrogen-bond donors (Lipinski definition) is 2. The summed E-state index contributed by atoms with van der Waals surface area (Å²) in [7, 11) is 3.03. The number of carbonyl (C=O) groups excluding carboxylic acids is 1. The van der Waals surface area contributed by atoms with Gasteiger partial charge in [0.2, 0.25) is 0 Å². The summed E-state index contributed by atoms with van der Waals surface area (Å²) in [6, 6.07) is 8.16. The van der Waals surface area contributed by atoms with Gasteiger partial charge in [-0.05, 0) is 49.4 Å². The Bertz CT molecular complexity index is 781. The van der Waals surface area contributed by atoms with Gasteiger partial charge >= 0.3 is 5.97 Å². The molecule has 1 heterocycles. The van der Waals surface area contributed by atoms with Gasteiger partial charge in [-0.15, -0.1) is 35.7 Å². The first-order chi connectivity index (χ1) is 13.0. The van der Waals surface area contributed by atoms with Gasteiger partial charge in [0.05, 0.1) is 13.7 Å². The summed E-state index contributed by atoms with van der Waals surface area (Å²) < 4.78 is 23.1. The van der Waals surface area contributed by atoms with E-state index in [4.69, 9.17) is 9.15 Å². The highest BCUT2D eigenvalue weighted by molar-refractivity contribution is 14.0. The fourth-order valence-electron chi connectivity index (χ4n) is 2.33. The standard InChI is InChI=1S/C19H24FN3O3S.HI/c1-13-17(18(24)25-3)11-15(26-13)12-23-19(21-2)22-9-4-10-27-16-7-5-14(20)6-8-16;/h5-8,11H,4,9-10,12H2,1-3H3,(H2,21,22,23);1H. The topological polar surface area (TPSA) is 75.9 Å². The molecule has 6 nitrogen and oxygen atoms in total. The Morgan fingerprint density at radius 3 is 2.64 bits per heavy atom. The number of rotatable bonds is 8. The van der Waals surface area contributed by atoms with Crippen molar-refractivity contribution in [1.82, 2.24) is 10.6 Å². The van der Waals surface area contributed by atoms with Crippen LogP contribution in [0.2, 0.25) is 0 Å². The van der Waals surface area contributed by atoms with Gasteiger partial charge in [-0.1, -0.05) is 0 Å². The van der Waals surface area contributed by atoms with Crippen LogP contribution < -0.4 is 10.6 Å². The van der Waals surface area contributed by atoms with E-state index in [1.54, 1.807) is 43.9 Å². The van der Waals surface area contributed by atoms with E-state index < -0.39 is 5.97 Å². The number of ether oxygens (including phenoxy) is 1. The van der Waals surface area contributed by atoms with Crippen LogP contribution in [-0.4, -0.2) is 38.4 Å². The van der Waals surface area contributed by atoms with E-state index in [-0.39, 0.29) is 29.8 Å². The first kappa shape index (κ1) is 24.3. The van der Waals surface area contributed by atoms with Crippen LogP contribution in [0.15, 0.2) is 44.6 Å². The number of thioether (sulfide) groups is 1. The molecule has 154 valence electrons. The van der Waals surface area contributed by atoms with Crippen LogP contribution >= 0.6 is 35.7 Å². The highest BCUT2D eigenvalue weighted by Crippen LogP contribution is 2.18. The third-order valence-electron chi connectivity index (χ3n) is 3.72. The summed E-state index contributed by atoms with van der Waals surface area (Å²) in [5.74, 6) is 2.08. The zero-order chi connectivity index (χ0) is 19.6. The lowest BCUT2D eigenvalue weighted by atomic mass is 10.2. The van der Waals surface area contributed by atoms with Crippen LogP contribution in [0.5, 0.6) is 0 Å². The van der Waals surface area contributed by atoms with Crippen molar-refractivity contribution in [1.29, 1.82) is 0 Å². The third-order valence-corrected chi connectivity index (χ3v) is 4.82. The molecular formula is C19H25FIN3O3S. The molecule has 0 atom stereocenters. The Kier molecular flexibility index (Phi) is 11.0. The van der Waals surface area contributed by atoms with E-state index in [1.807, 2.05) is 0 Å². The van der Waals surface area contributed by atoms with E-state index in [9.17, 15) is 9.18 Å². The summed E-state index contributed by atoms with van der Waals surface area (Å²) in [6.45, 7) is 2.88. The Balaban J connectivity index is 0.00000392. The smallest absolute Gasteiger partial charge is 0.341 e. The zero-order valence-corrected chi connectivity index (χ0v) is 19.2. The molecule has 0 saturated heterocycles. The van der Waals surface area contributed by atoms with Gasteiger partial charge in [-0.2, -0.15) is 0 Å². The van der Waals surface area contributed by atoms with Crippen molar-refractivity contribution in [2.24, 2.45) is 4.99 Å². The largest absolute Gasteiger partial charge is 0.465 e. The Labute approximate surface area is 185 Å². The van der Waals surface area contributed by atoms with Crippen LogP contribution in [0.3, 0.4) is 0 Å². The van der Waals surface area contributed by atoms with Crippen LogP contribution in [0.4, 0.5) is 4.39 Å². The first-order valence-corrected chi connectivity index (χ1v) is 9.52. The van der Waals surface area contributed by atoms with Gasteiger partial charge in [-0.25, -0.2) is 9.18 Å². The fraction of sp³-hybridized carbons (Fsp3) is 0.368. The molecule has 2 aromatic rings. The molecule has 28 heavy (non-hydrogen) atoms. The van der Waals surface area contributed by atoms with E-state index >= 15 is 0 Å². The molecule has 0 saturated carbocycles. The number of benzene rings is 1. The summed E-state index contributed by atoms with van der Waals surface area (Å²) in [6.07, 6.45) is 0.926. The van der Waals surface area contributed by atoms with Gasteiger partial charge in [0.15, 0.2) is 5.96 Å². The zero-order valence-electron chi connectivity index (χ0n) is 16.1. The molecule has 2 N–H and O–H groups in total. The average Bonchev–Trinajstić information content (AvgIpc) is 3.05. The number of nitrogens with zero attached hydrogens (tertiary/aromatic N) is 1. The highest BCUT2D eigenvalue weighted by Gasteiger charge is 2.15. The summed E-state index contributed by atoms with van der Waals surface area (Å²) in [5, 5.41) is 6.37. The number of furan rings is 1. The molecule has 0 aliphatic rings. The first-order valence-electron chi connectivity index (χ1n) is 8.54. The van der Waals surface area contributed by atoms with Gasteiger partial charge in [0.25, 0.3) is 0 Å². The maximum absolute atomic E-state index is 12.9. The predicted molar refractivity (Wildman–Crippen MR) is 120 cm³/mol. The van der Waals surface area contributed by atoms with E-state index in [0.29, 0.717) is 29.6 Å². The maximum Gasteiger partial charge on any atom is 0.341 e. The molecule has 0 aliphatic carbocycles. The fourth-order valence-corrected chi connectivity index (χ4v) is 3.19. The number of nitrogens with one attached hydrogen (secondary N) is 2. The molecule has 0 radical (unpaired) electrons. The van der Waals surface area contributed by atoms with Crippen molar-refractivity contribution in [2.75, 3.05) is 26.5 Å². The molecule has 0 amide bonds. The number of aliphatic imine (C=N–C) groups is 1. The third kappa shape index (κ3) is 7.70. The van der Waals surface area contributed by atoms with Gasteiger partial charge in [-0.3, -0.25) is 4.99 Å². The number of methoxy groups -OCH3 is 1. The van der Waals surface area contributed by atoms with Crippen molar-refractivity contribution in [3.05, 3.63) is 53.2 Å². The monoisotopic (exact) mass is 521 g/mol. The molecule has 9 heteroatoms. The number of hydrogen-bond acceptors (Lipinski definition) is 5. The molecule has 1 aromatic carbocycles. The molecule has 0 unspecified atom stereocenters. The number of halogens is 2. The Hall–Kier alpha value is -1.75. The summed E-state index contributed by atoms with van der Waals surface area (Å²) in [5.41, 5.74) is 0.426. The molecule has 0 fully saturated rings. The molecule has 0 bridgehead atoms.